The summed E-state index contributed by atoms with van der Waals surface area (Å²) in [7, 11) is -3.69. The molecular formula is C17H18BrNO3S. The van der Waals surface area contributed by atoms with E-state index in [1.54, 1.807) is 13.8 Å². The zero-order valence-corrected chi connectivity index (χ0v) is 15.5. The summed E-state index contributed by atoms with van der Waals surface area (Å²) >= 11 is 3.36. The molecule has 2 rings (SSSR count). The van der Waals surface area contributed by atoms with Crippen molar-refractivity contribution in [2.24, 2.45) is 0 Å². The zero-order valence-electron chi connectivity index (χ0n) is 13.1. The Morgan fingerprint density at radius 3 is 2.00 bits per heavy atom. The fourth-order valence-electron chi connectivity index (χ4n) is 2.19. The van der Waals surface area contributed by atoms with Crippen molar-refractivity contribution < 1.29 is 13.2 Å². The van der Waals surface area contributed by atoms with Crippen LogP contribution in [-0.4, -0.2) is 14.2 Å². The second-order valence-electron chi connectivity index (χ2n) is 5.82. The van der Waals surface area contributed by atoms with E-state index in [2.05, 4.69) is 20.7 Å². The summed E-state index contributed by atoms with van der Waals surface area (Å²) in [6.07, 6.45) is 0. The predicted octanol–water partition coefficient (Wildman–Crippen LogP) is 3.87. The Hall–Kier alpha value is -1.50. The van der Waals surface area contributed by atoms with Crippen LogP contribution in [0.25, 0.3) is 0 Å². The third-order valence-electron chi connectivity index (χ3n) is 3.53. The molecule has 2 aromatic carbocycles. The average Bonchev–Trinajstić information content (AvgIpc) is 2.46. The van der Waals surface area contributed by atoms with Crippen LogP contribution in [0.2, 0.25) is 0 Å². The summed E-state index contributed by atoms with van der Waals surface area (Å²) in [5, 5.41) is 0. The number of hydrogen-bond acceptors (Lipinski definition) is 3. The summed E-state index contributed by atoms with van der Waals surface area (Å²) in [5.41, 5.74) is 0.569. The molecule has 2 aromatic rings. The van der Waals surface area contributed by atoms with E-state index < -0.39 is 15.6 Å². The summed E-state index contributed by atoms with van der Waals surface area (Å²) in [6.45, 7) is 5.05. The number of nitrogens with one attached hydrogen (secondary N) is 1. The van der Waals surface area contributed by atoms with Crippen molar-refractivity contribution in [3.8, 4) is 0 Å². The largest absolute Gasteiger partial charge is 0.295 e. The lowest BCUT2D eigenvalue weighted by Gasteiger charge is -2.26. The summed E-state index contributed by atoms with van der Waals surface area (Å²) in [6, 6.07) is 13.4. The number of hydrogen-bond donors (Lipinski definition) is 1. The van der Waals surface area contributed by atoms with Crippen LogP contribution in [0.1, 0.15) is 36.7 Å². The first-order valence-corrected chi connectivity index (χ1v) is 9.30. The fourth-order valence-corrected chi connectivity index (χ4v) is 3.86. The van der Waals surface area contributed by atoms with E-state index in [9.17, 15) is 13.2 Å². The quantitative estimate of drug-likeness (QED) is 0.781. The highest BCUT2D eigenvalue weighted by atomic mass is 79.9. The van der Waals surface area contributed by atoms with Gasteiger partial charge >= 0.3 is 0 Å². The molecule has 122 valence electrons. The summed E-state index contributed by atoms with van der Waals surface area (Å²) in [4.78, 5) is 11.4. The molecule has 0 saturated heterocycles. The molecule has 0 spiro atoms. The SMILES string of the molecule is CC(=O)c1ccc(S(=O)(=O)NC(C)(C)c2ccc(Br)cc2)cc1. The average molecular weight is 396 g/mol. The molecule has 0 aliphatic carbocycles. The second-order valence-corrected chi connectivity index (χ2v) is 8.42. The molecule has 0 atom stereocenters. The van der Waals surface area contributed by atoms with Gasteiger partial charge < -0.3 is 0 Å². The van der Waals surface area contributed by atoms with Gasteiger partial charge in [-0.1, -0.05) is 40.2 Å². The molecule has 0 aliphatic rings. The van der Waals surface area contributed by atoms with Crippen molar-refractivity contribution >= 4 is 31.7 Å². The maximum Gasteiger partial charge on any atom is 0.241 e. The lowest BCUT2D eigenvalue weighted by atomic mass is 9.96. The molecule has 0 aromatic heterocycles. The van der Waals surface area contributed by atoms with E-state index >= 15 is 0 Å². The van der Waals surface area contributed by atoms with Crippen molar-refractivity contribution in [3.63, 3.8) is 0 Å². The molecule has 0 amide bonds. The van der Waals surface area contributed by atoms with E-state index in [1.165, 1.54) is 31.2 Å². The van der Waals surface area contributed by atoms with Crippen molar-refractivity contribution in [3.05, 3.63) is 64.1 Å². The van der Waals surface area contributed by atoms with Crippen LogP contribution in [0, 0.1) is 0 Å². The lowest BCUT2D eigenvalue weighted by molar-refractivity contribution is 0.101. The van der Waals surface area contributed by atoms with Gasteiger partial charge in [-0.05, 0) is 50.6 Å². The molecule has 1 N–H and O–H groups in total. The number of rotatable bonds is 5. The Balaban J connectivity index is 2.29. The Morgan fingerprint density at radius 2 is 1.52 bits per heavy atom. The van der Waals surface area contributed by atoms with Crippen LogP contribution >= 0.6 is 15.9 Å². The zero-order chi connectivity index (χ0) is 17.3. The molecule has 0 radical (unpaired) electrons. The van der Waals surface area contributed by atoms with Crippen molar-refractivity contribution in [1.82, 2.24) is 4.72 Å². The third-order valence-corrected chi connectivity index (χ3v) is 5.73. The fraction of sp³-hybridized carbons (Fsp3) is 0.235. The van der Waals surface area contributed by atoms with Crippen LogP contribution in [0.15, 0.2) is 57.9 Å². The van der Waals surface area contributed by atoms with E-state index in [1.807, 2.05) is 24.3 Å². The third kappa shape index (κ3) is 4.28. The standard InChI is InChI=1S/C17H18BrNO3S/c1-12(20)13-4-10-16(11-5-13)23(21,22)19-17(2,3)14-6-8-15(18)9-7-14/h4-11,19H,1-3H3. The smallest absolute Gasteiger partial charge is 0.241 e. The molecule has 0 bridgehead atoms. The van der Waals surface area contributed by atoms with Gasteiger partial charge in [0.25, 0.3) is 0 Å². The van der Waals surface area contributed by atoms with Gasteiger partial charge in [-0.25, -0.2) is 13.1 Å². The highest BCUT2D eigenvalue weighted by molar-refractivity contribution is 9.10. The highest BCUT2D eigenvalue weighted by Crippen LogP contribution is 2.25. The van der Waals surface area contributed by atoms with Crippen LogP contribution in [0.4, 0.5) is 0 Å². The number of halogens is 1. The van der Waals surface area contributed by atoms with Gasteiger partial charge in [-0.15, -0.1) is 0 Å². The van der Waals surface area contributed by atoms with Crippen LogP contribution in [0.3, 0.4) is 0 Å². The minimum absolute atomic E-state index is 0.0999. The second kappa shape index (κ2) is 6.55. The van der Waals surface area contributed by atoms with Crippen molar-refractivity contribution in [2.45, 2.75) is 31.2 Å². The van der Waals surface area contributed by atoms with E-state index in [0.29, 0.717) is 5.56 Å². The predicted molar refractivity (Wildman–Crippen MR) is 93.9 cm³/mol. The first kappa shape index (κ1) is 17.8. The molecule has 4 nitrogen and oxygen atoms in total. The molecule has 0 aliphatic heterocycles. The summed E-state index contributed by atoms with van der Waals surface area (Å²) in [5.74, 6) is -0.0999. The Kier molecular flexibility index (Phi) is 5.08. The number of benzene rings is 2. The first-order valence-electron chi connectivity index (χ1n) is 7.03. The Labute approximate surface area is 145 Å². The Morgan fingerprint density at radius 1 is 1.00 bits per heavy atom. The first-order chi connectivity index (χ1) is 10.6. The number of carbonyl (C=O) groups is 1. The van der Waals surface area contributed by atoms with Gasteiger partial charge in [0, 0.05) is 10.0 Å². The topological polar surface area (TPSA) is 63.2 Å². The monoisotopic (exact) mass is 395 g/mol. The highest BCUT2D eigenvalue weighted by Gasteiger charge is 2.27. The maximum absolute atomic E-state index is 12.6. The van der Waals surface area contributed by atoms with Crippen molar-refractivity contribution in [1.29, 1.82) is 0 Å². The lowest BCUT2D eigenvalue weighted by Crippen LogP contribution is -2.40. The number of sulfonamides is 1. The molecule has 0 saturated carbocycles. The molecule has 0 fully saturated rings. The van der Waals surface area contributed by atoms with Gasteiger partial charge in [0.1, 0.15) is 0 Å². The molecule has 6 heteroatoms. The molecule has 23 heavy (non-hydrogen) atoms. The minimum Gasteiger partial charge on any atom is -0.295 e. The summed E-state index contributed by atoms with van der Waals surface area (Å²) < 4.78 is 28.8. The number of ketones is 1. The number of Topliss-reactive ketones (excluding diaryl/α,β-unsaturated/α-hetero) is 1. The van der Waals surface area contributed by atoms with Gasteiger partial charge in [-0.3, -0.25) is 4.79 Å². The molecular weight excluding hydrogens is 378 g/mol. The number of carbonyl (C=O) groups excluding carboxylic acids is 1. The van der Waals surface area contributed by atoms with Gasteiger partial charge in [0.15, 0.2) is 5.78 Å². The van der Waals surface area contributed by atoms with E-state index in [0.717, 1.165) is 10.0 Å². The van der Waals surface area contributed by atoms with Crippen LogP contribution < -0.4 is 4.72 Å². The van der Waals surface area contributed by atoms with E-state index in [4.69, 9.17) is 0 Å². The normalized spacial score (nSPS) is 12.2. The molecule has 0 heterocycles. The van der Waals surface area contributed by atoms with Crippen LogP contribution in [-0.2, 0) is 15.6 Å². The molecule has 0 unspecified atom stereocenters. The van der Waals surface area contributed by atoms with Gasteiger partial charge in [0.05, 0.1) is 10.4 Å². The van der Waals surface area contributed by atoms with Crippen LogP contribution in [0.5, 0.6) is 0 Å². The Bertz CT molecular complexity index is 810. The maximum atomic E-state index is 12.6. The van der Waals surface area contributed by atoms with E-state index in [-0.39, 0.29) is 10.7 Å². The van der Waals surface area contributed by atoms with Crippen molar-refractivity contribution in [2.75, 3.05) is 0 Å². The van der Waals surface area contributed by atoms with Gasteiger partial charge in [0.2, 0.25) is 10.0 Å². The van der Waals surface area contributed by atoms with Gasteiger partial charge in [-0.2, -0.15) is 0 Å². The minimum atomic E-state index is -3.69.